The molecule has 0 radical (unpaired) electrons. The van der Waals surface area contributed by atoms with E-state index in [-0.39, 0.29) is 31.1 Å². The summed E-state index contributed by atoms with van der Waals surface area (Å²) in [5, 5.41) is 11.7. The van der Waals surface area contributed by atoms with Crippen LogP contribution in [0.4, 0.5) is 31.1 Å². The normalized spacial score (nSPS) is 19.3. The molecule has 1 aliphatic rings. The van der Waals surface area contributed by atoms with Crippen molar-refractivity contribution < 1.29 is 41.0 Å². The molecule has 2 atom stereocenters. The fourth-order valence-electron chi connectivity index (χ4n) is 3.92. The van der Waals surface area contributed by atoms with Crippen LogP contribution in [-0.4, -0.2) is 35.1 Å². The van der Waals surface area contributed by atoms with Gasteiger partial charge in [-0.05, 0) is 35.7 Å². The Morgan fingerprint density at radius 2 is 1.55 bits per heavy atom. The van der Waals surface area contributed by atoms with Gasteiger partial charge in [0.1, 0.15) is 0 Å². The number of nitrogens with zero attached hydrogens (tertiary/aromatic N) is 1. The second-order valence-corrected chi connectivity index (χ2v) is 7.77. The van der Waals surface area contributed by atoms with Crippen molar-refractivity contribution in [3.05, 3.63) is 70.8 Å². The highest BCUT2D eigenvalue weighted by Gasteiger charge is 2.38. The standard InChI is InChI=1S/C22H20F6N2O3/c23-21(24,25)15-8-13(9-16(10-15)22(26,27)28)11-29-19(31)17-6-7-30(20(32)33)12-18(17)14-4-2-1-3-5-14/h1-5,8-10,17-18H,6-7,11-12H2,(H,29,31)(H,32,33). The van der Waals surface area contributed by atoms with Crippen LogP contribution in [0.25, 0.3) is 0 Å². The summed E-state index contributed by atoms with van der Waals surface area (Å²) in [5.41, 5.74) is -2.55. The van der Waals surface area contributed by atoms with E-state index in [1.165, 1.54) is 4.90 Å². The third-order valence-electron chi connectivity index (χ3n) is 5.56. The zero-order valence-corrected chi connectivity index (χ0v) is 17.1. The Labute approximate surface area is 185 Å². The molecule has 2 unspecified atom stereocenters. The molecule has 1 aliphatic heterocycles. The van der Waals surface area contributed by atoms with E-state index in [0.29, 0.717) is 17.7 Å². The minimum absolute atomic E-state index is 0.0262. The second kappa shape index (κ2) is 9.32. The molecule has 1 saturated heterocycles. The highest BCUT2D eigenvalue weighted by molar-refractivity contribution is 5.80. The molecular weight excluding hydrogens is 454 g/mol. The quantitative estimate of drug-likeness (QED) is 0.605. The summed E-state index contributed by atoms with van der Waals surface area (Å²) in [6.07, 6.45) is -10.9. The van der Waals surface area contributed by atoms with Gasteiger partial charge in [0.05, 0.1) is 11.1 Å². The van der Waals surface area contributed by atoms with Crippen molar-refractivity contribution in [1.82, 2.24) is 10.2 Å². The monoisotopic (exact) mass is 474 g/mol. The summed E-state index contributed by atoms with van der Waals surface area (Å²) in [7, 11) is 0. The van der Waals surface area contributed by atoms with Gasteiger partial charge in [0.2, 0.25) is 5.91 Å². The molecule has 0 aliphatic carbocycles. The fraction of sp³-hybridized carbons (Fsp3) is 0.364. The number of carboxylic acid groups (broad SMARTS) is 1. The Kier molecular flexibility index (Phi) is 6.89. The highest BCUT2D eigenvalue weighted by atomic mass is 19.4. The van der Waals surface area contributed by atoms with Crippen LogP contribution in [0.3, 0.4) is 0 Å². The zero-order valence-electron chi connectivity index (χ0n) is 17.1. The predicted molar refractivity (Wildman–Crippen MR) is 105 cm³/mol. The third-order valence-corrected chi connectivity index (χ3v) is 5.56. The van der Waals surface area contributed by atoms with Crippen molar-refractivity contribution >= 4 is 12.0 Å². The summed E-state index contributed by atoms with van der Waals surface area (Å²) in [5.74, 6) is -1.78. The number of amides is 2. The smallest absolute Gasteiger partial charge is 0.416 e. The lowest BCUT2D eigenvalue weighted by Gasteiger charge is -2.36. The van der Waals surface area contributed by atoms with Crippen LogP contribution < -0.4 is 5.32 Å². The molecular formula is C22H20F6N2O3. The van der Waals surface area contributed by atoms with Gasteiger partial charge in [0.15, 0.2) is 0 Å². The Bertz CT molecular complexity index is 975. The van der Waals surface area contributed by atoms with Crippen LogP contribution in [0.5, 0.6) is 0 Å². The van der Waals surface area contributed by atoms with Crippen molar-refractivity contribution in [3.63, 3.8) is 0 Å². The first-order valence-electron chi connectivity index (χ1n) is 9.95. The van der Waals surface area contributed by atoms with Gasteiger partial charge in [0.25, 0.3) is 0 Å². The zero-order chi connectivity index (χ0) is 24.4. The highest BCUT2D eigenvalue weighted by Crippen LogP contribution is 2.37. The van der Waals surface area contributed by atoms with Crippen LogP contribution in [0.1, 0.15) is 34.6 Å². The molecule has 0 bridgehead atoms. The summed E-state index contributed by atoms with van der Waals surface area (Å²) < 4.78 is 78.4. The van der Waals surface area contributed by atoms with Gasteiger partial charge >= 0.3 is 18.4 Å². The predicted octanol–water partition coefficient (Wildman–Crippen LogP) is 5.12. The lowest BCUT2D eigenvalue weighted by atomic mass is 9.80. The van der Waals surface area contributed by atoms with E-state index < -0.39 is 53.9 Å². The van der Waals surface area contributed by atoms with Crippen molar-refractivity contribution in [1.29, 1.82) is 0 Å². The van der Waals surface area contributed by atoms with Crippen LogP contribution in [0, 0.1) is 5.92 Å². The Morgan fingerprint density at radius 1 is 0.970 bits per heavy atom. The molecule has 0 aromatic heterocycles. The maximum Gasteiger partial charge on any atom is 0.416 e. The molecule has 0 spiro atoms. The third kappa shape index (κ3) is 5.96. The lowest BCUT2D eigenvalue weighted by Crippen LogP contribution is -2.46. The van der Waals surface area contributed by atoms with Crippen molar-refractivity contribution in [3.8, 4) is 0 Å². The summed E-state index contributed by atoms with van der Waals surface area (Å²) in [6, 6.07) is 9.84. The van der Waals surface area contributed by atoms with Crippen LogP contribution in [-0.2, 0) is 23.7 Å². The number of carbonyl (C=O) groups is 2. The first kappa shape index (κ1) is 24.4. The van der Waals surface area contributed by atoms with Crippen molar-refractivity contribution in [2.75, 3.05) is 13.1 Å². The van der Waals surface area contributed by atoms with Gasteiger partial charge in [-0.15, -0.1) is 0 Å². The molecule has 2 amide bonds. The summed E-state index contributed by atoms with van der Waals surface area (Å²) >= 11 is 0. The number of hydrogen-bond donors (Lipinski definition) is 2. The van der Waals surface area contributed by atoms with E-state index in [1.54, 1.807) is 30.3 Å². The molecule has 5 nitrogen and oxygen atoms in total. The average Bonchev–Trinajstić information content (AvgIpc) is 2.76. The Hall–Kier alpha value is -3.24. The SMILES string of the molecule is O=C(NCc1cc(C(F)(F)F)cc(C(F)(F)F)c1)C1CCN(C(=O)O)CC1c1ccccc1. The maximum atomic E-state index is 13.1. The number of benzene rings is 2. The summed E-state index contributed by atoms with van der Waals surface area (Å²) in [6.45, 7) is -0.412. The lowest BCUT2D eigenvalue weighted by molar-refractivity contribution is -0.143. The molecule has 1 heterocycles. The molecule has 33 heavy (non-hydrogen) atoms. The molecule has 178 valence electrons. The molecule has 3 rings (SSSR count). The van der Waals surface area contributed by atoms with E-state index in [0.717, 1.165) is 0 Å². The molecule has 1 fully saturated rings. The largest absolute Gasteiger partial charge is 0.465 e. The number of nitrogens with one attached hydrogen (secondary N) is 1. The van der Waals surface area contributed by atoms with E-state index >= 15 is 0 Å². The van der Waals surface area contributed by atoms with Gasteiger partial charge in [0, 0.05) is 31.5 Å². The molecule has 2 N–H and O–H groups in total. The van der Waals surface area contributed by atoms with Gasteiger partial charge in [-0.1, -0.05) is 30.3 Å². The van der Waals surface area contributed by atoms with Crippen LogP contribution >= 0.6 is 0 Å². The van der Waals surface area contributed by atoms with E-state index in [1.807, 2.05) is 0 Å². The van der Waals surface area contributed by atoms with Gasteiger partial charge in [-0.3, -0.25) is 4.79 Å². The number of carbonyl (C=O) groups excluding carboxylic acids is 1. The minimum atomic E-state index is -4.98. The number of likely N-dealkylation sites (tertiary alicyclic amines) is 1. The maximum absolute atomic E-state index is 13.1. The first-order valence-corrected chi connectivity index (χ1v) is 9.95. The van der Waals surface area contributed by atoms with Crippen LogP contribution in [0.15, 0.2) is 48.5 Å². The number of halogens is 6. The molecule has 2 aromatic rings. The van der Waals surface area contributed by atoms with Crippen LogP contribution in [0.2, 0.25) is 0 Å². The number of piperidine rings is 1. The van der Waals surface area contributed by atoms with E-state index in [9.17, 15) is 41.0 Å². The first-order chi connectivity index (χ1) is 15.4. The molecule has 11 heteroatoms. The minimum Gasteiger partial charge on any atom is -0.465 e. The number of alkyl halides is 6. The van der Waals surface area contributed by atoms with Crippen molar-refractivity contribution in [2.24, 2.45) is 5.92 Å². The van der Waals surface area contributed by atoms with Crippen molar-refractivity contribution in [2.45, 2.75) is 31.2 Å². The molecule has 0 saturated carbocycles. The Morgan fingerprint density at radius 3 is 2.06 bits per heavy atom. The average molecular weight is 474 g/mol. The summed E-state index contributed by atoms with van der Waals surface area (Å²) in [4.78, 5) is 25.4. The Balaban J connectivity index is 1.81. The second-order valence-electron chi connectivity index (χ2n) is 7.77. The van der Waals surface area contributed by atoms with E-state index in [2.05, 4.69) is 5.32 Å². The number of rotatable bonds is 4. The van der Waals surface area contributed by atoms with Gasteiger partial charge in [-0.2, -0.15) is 26.3 Å². The van der Waals surface area contributed by atoms with Gasteiger partial charge in [-0.25, -0.2) is 4.79 Å². The van der Waals surface area contributed by atoms with Gasteiger partial charge < -0.3 is 15.3 Å². The fourth-order valence-corrected chi connectivity index (χ4v) is 3.92. The molecule has 2 aromatic carbocycles. The number of hydrogen-bond acceptors (Lipinski definition) is 2. The topological polar surface area (TPSA) is 69.6 Å². The van der Waals surface area contributed by atoms with E-state index in [4.69, 9.17) is 0 Å².